The third-order valence-corrected chi connectivity index (χ3v) is 4.32. The minimum absolute atomic E-state index is 0.0365. The van der Waals surface area contributed by atoms with Gasteiger partial charge >= 0.3 is 6.18 Å². The number of carbonyl (C=O) groups excluding carboxylic acids is 1. The number of hydrogen-bond acceptors (Lipinski definition) is 3. The molecule has 1 saturated carbocycles. The van der Waals surface area contributed by atoms with Crippen molar-refractivity contribution in [3.63, 3.8) is 0 Å². The second-order valence-corrected chi connectivity index (χ2v) is 6.41. The number of nitrogens with zero attached hydrogens (tertiary/aromatic N) is 1. The van der Waals surface area contributed by atoms with E-state index in [9.17, 15) is 18.0 Å². The maximum Gasteiger partial charge on any atom is 0.422 e. The van der Waals surface area contributed by atoms with Crippen LogP contribution in [0.2, 0.25) is 0 Å². The fourth-order valence-corrected chi connectivity index (χ4v) is 2.85. The third kappa shape index (κ3) is 4.74. The molecule has 1 aromatic heterocycles. The first kappa shape index (κ1) is 18.2. The highest BCUT2D eigenvalue weighted by Crippen LogP contribution is 2.47. The maximum atomic E-state index is 12.4. The summed E-state index contributed by atoms with van der Waals surface area (Å²) in [6, 6.07) is 12.5. The molecular weight excluding hydrogens is 345 g/mol. The molecule has 138 valence electrons. The summed E-state index contributed by atoms with van der Waals surface area (Å²) in [7, 11) is 0. The van der Waals surface area contributed by atoms with E-state index >= 15 is 0 Å². The van der Waals surface area contributed by atoms with Crippen LogP contribution in [0.25, 0.3) is 0 Å². The highest BCUT2D eigenvalue weighted by atomic mass is 19.4. The number of aromatic nitrogens is 1. The summed E-state index contributed by atoms with van der Waals surface area (Å²) in [5.74, 6) is 0.199. The summed E-state index contributed by atoms with van der Waals surface area (Å²) < 4.78 is 41.0. The van der Waals surface area contributed by atoms with Crippen molar-refractivity contribution in [1.82, 2.24) is 10.3 Å². The molecule has 1 aliphatic carbocycles. The van der Waals surface area contributed by atoms with Crippen molar-refractivity contribution in [3.05, 3.63) is 59.9 Å². The van der Waals surface area contributed by atoms with Gasteiger partial charge in [-0.05, 0) is 37.0 Å². The summed E-state index contributed by atoms with van der Waals surface area (Å²) in [4.78, 5) is 16.4. The number of amides is 1. The molecule has 0 radical (unpaired) electrons. The molecule has 3 atom stereocenters. The zero-order chi connectivity index (χ0) is 18.7. The summed E-state index contributed by atoms with van der Waals surface area (Å²) >= 11 is 0. The van der Waals surface area contributed by atoms with Crippen LogP contribution in [0.3, 0.4) is 0 Å². The lowest BCUT2D eigenvalue weighted by Gasteiger charge is -2.14. The van der Waals surface area contributed by atoms with Crippen LogP contribution in [0.15, 0.2) is 48.7 Å². The molecule has 4 nitrogen and oxygen atoms in total. The number of alkyl halides is 3. The minimum Gasteiger partial charge on any atom is -0.483 e. The highest BCUT2D eigenvalue weighted by molar-refractivity contribution is 5.83. The van der Waals surface area contributed by atoms with Gasteiger partial charge in [0.25, 0.3) is 0 Å². The van der Waals surface area contributed by atoms with Crippen LogP contribution in [0.1, 0.15) is 36.6 Å². The summed E-state index contributed by atoms with van der Waals surface area (Å²) in [5.41, 5.74) is 1.72. The average Bonchev–Trinajstić information content (AvgIpc) is 3.41. The number of carbonyl (C=O) groups is 1. The van der Waals surface area contributed by atoms with Crippen LogP contribution in [0.4, 0.5) is 13.2 Å². The second-order valence-electron chi connectivity index (χ2n) is 6.41. The first-order valence-electron chi connectivity index (χ1n) is 8.34. The van der Waals surface area contributed by atoms with Crippen molar-refractivity contribution in [3.8, 4) is 5.75 Å². The van der Waals surface area contributed by atoms with Crippen LogP contribution in [0, 0.1) is 5.92 Å². The monoisotopic (exact) mass is 364 g/mol. The number of benzene rings is 1. The van der Waals surface area contributed by atoms with Crippen molar-refractivity contribution in [1.29, 1.82) is 0 Å². The van der Waals surface area contributed by atoms with Crippen LogP contribution in [-0.4, -0.2) is 23.7 Å². The van der Waals surface area contributed by atoms with E-state index in [1.807, 2.05) is 30.3 Å². The third-order valence-electron chi connectivity index (χ3n) is 4.32. The minimum atomic E-state index is -4.39. The van der Waals surface area contributed by atoms with Gasteiger partial charge in [0.15, 0.2) is 6.61 Å². The molecule has 0 saturated heterocycles. The van der Waals surface area contributed by atoms with Crippen LogP contribution >= 0.6 is 0 Å². The standard InChI is InChI=1S/C19H19F3N2O2/c1-12(17-8-7-14(10-23-17)26-11-19(20,21)22)24-18(25)16-9-15(16)13-5-3-2-4-6-13/h2-8,10,12,15-16H,9,11H2,1H3,(H,24,25)/t12-,15-,16?/m1/s1. The second kappa shape index (κ2) is 7.35. The number of hydrogen-bond donors (Lipinski definition) is 1. The Bertz CT molecular complexity index is 748. The summed E-state index contributed by atoms with van der Waals surface area (Å²) in [6.45, 7) is 0.430. The Balaban J connectivity index is 1.52. The van der Waals surface area contributed by atoms with E-state index in [1.54, 1.807) is 13.0 Å². The largest absolute Gasteiger partial charge is 0.483 e. The van der Waals surface area contributed by atoms with Gasteiger partial charge in [0.05, 0.1) is 17.9 Å². The topological polar surface area (TPSA) is 51.2 Å². The van der Waals surface area contributed by atoms with Crippen LogP contribution < -0.4 is 10.1 Å². The highest BCUT2D eigenvalue weighted by Gasteiger charge is 2.44. The van der Waals surface area contributed by atoms with Gasteiger partial charge in [-0.25, -0.2) is 0 Å². The number of pyridine rings is 1. The zero-order valence-corrected chi connectivity index (χ0v) is 14.2. The quantitative estimate of drug-likeness (QED) is 0.843. The molecule has 0 bridgehead atoms. The Morgan fingerprint density at radius 3 is 2.62 bits per heavy atom. The molecular formula is C19H19F3N2O2. The van der Waals surface area contributed by atoms with E-state index in [4.69, 9.17) is 0 Å². The van der Waals surface area contributed by atoms with Crippen molar-refractivity contribution in [2.45, 2.75) is 31.5 Å². The van der Waals surface area contributed by atoms with Gasteiger partial charge in [-0.1, -0.05) is 30.3 Å². The van der Waals surface area contributed by atoms with Gasteiger partial charge in [0.2, 0.25) is 5.91 Å². The Kier molecular flexibility index (Phi) is 5.15. The van der Waals surface area contributed by atoms with E-state index < -0.39 is 12.8 Å². The first-order valence-corrected chi connectivity index (χ1v) is 8.34. The van der Waals surface area contributed by atoms with Crippen molar-refractivity contribution in [2.24, 2.45) is 5.92 Å². The predicted octanol–water partition coefficient (Wildman–Crippen LogP) is 4.00. The number of ether oxygens (including phenoxy) is 1. The van der Waals surface area contributed by atoms with Gasteiger partial charge in [-0.3, -0.25) is 9.78 Å². The summed E-state index contributed by atoms with van der Waals surface area (Å²) in [6.07, 6.45) is -2.34. The molecule has 1 aromatic carbocycles. The Morgan fingerprint density at radius 2 is 2.00 bits per heavy atom. The maximum absolute atomic E-state index is 12.4. The smallest absolute Gasteiger partial charge is 0.422 e. The van der Waals surface area contributed by atoms with E-state index in [1.165, 1.54) is 12.3 Å². The molecule has 1 unspecified atom stereocenters. The predicted molar refractivity (Wildman–Crippen MR) is 89.6 cm³/mol. The normalized spacial score (nSPS) is 20.3. The lowest BCUT2D eigenvalue weighted by Crippen LogP contribution is -2.29. The van der Waals surface area contributed by atoms with Crippen LogP contribution in [-0.2, 0) is 4.79 Å². The van der Waals surface area contributed by atoms with Crippen molar-refractivity contribution < 1.29 is 22.7 Å². The molecule has 1 N–H and O–H groups in total. The van der Waals surface area contributed by atoms with Gasteiger partial charge < -0.3 is 10.1 Å². The van der Waals surface area contributed by atoms with E-state index in [2.05, 4.69) is 15.0 Å². The molecule has 26 heavy (non-hydrogen) atoms. The van der Waals surface area contributed by atoms with E-state index in [-0.39, 0.29) is 29.5 Å². The summed E-state index contributed by atoms with van der Waals surface area (Å²) in [5, 5.41) is 2.91. The number of halogens is 3. The molecule has 1 amide bonds. The Morgan fingerprint density at radius 1 is 1.27 bits per heavy atom. The SMILES string of the molecule is C[C@@H](NC(=O)C1C[C@@H]1c1ccccc1)c1ccc(OCC(F)(F)F)cn1. The van der Waals surface area contributed by atoms with Gasteiger partial charge in [0.1, 0.15) is 5.75 Å². The molecule has 1 fully saturated rings. The molecule has 3 rings (SSSR count). The zero-order valence-electron chi connectivity index (χ0n) is 14.2. The van der Waals surface area contributed by atoms with Crippen molar-refractivity contribution >= 4 is 5.91 Å². The molecule has 0 aliphatic heterocycles. The molecule has 7 heteroatoms. The molecule has 0 spiro atoms. The molecule has 1 heterocycles. The number of rotatable bonds is 6. The number of nitrogens with one attached hydrogen (secondary N) is 1. The Labute approximate surface area is 149 Å². The first-order chi connectivity index (χ1) is 12.3. The van der Waals surface area contributed by atoms with Crippen LogP contribution in [0.5, 0.6) is 5.75 Å². The lowest BCUT2D eigenvalue weighted by atomic mass is 10.1. The fraction of sp³-hybridized carbons (Fsp3) is 0.368. The average molecular weight is 364 g/mol. The lowest BCUT2D eigenvalue weighted by molar-refractivity contribution is -0.153. The molecule has 2 aromatic rings. The van der Waals surface area contributed by atoms with Gasteiger partial charge in [-0.2, -0.15) is 13.2 Å². The van der Waals surface area contributed by atoms with E-state index in [0.717, 1.165) is 12.0 Å². The van der Waals surface area contributed by atoms with Gasteiger partial charge in [0, 0.05) is 5.92 Å². The Hall–Kier alpha value is -2.57. The molecule has 1 aliphatic rings. The van der Waals surface area contributed by atoms with Gasteiger partial charge in [-0.15, -0.1) is 0 Å². The fourth-order valence-electron chi connectivity index (χ4n) is 2.85. The van der Waals surface area contributed by atoms with Crippen molar-refractivity contribution in [2.75, 3.05) is 6.61 Å². The van der Waals surface area contributed by atoms with E-state index in [0.29, 0.717) is 5.69 Å².